The second kappa shape index (κ2) is 47.6. The molecule has 95 heavy (non-hydrogen) atoms. The molecule has 0 aromatic heterocycles. The maximum absolute atomic E-state index is 9.36. The van der Waals surface area contributed by atoms with Crippen molar-refractivity contribution in [3.8, 4) is 51.7 Å². The highest BCUT2D eigenvalue weighted by Gasteiger charge is 2.19. The fourth-order valence-corrected chi connectivity index (χ4v) is 11.5. The summed E-state index contributed by atoms with van der Waals surface area (Å²) in [7, 11) is 0. The largest absolute Gasteiger partial charge is 0.494 e. The molecule has 0 spiro atoms. The summed E-state index contributed by atoms with van der Waals surface area (Å²) >= 11 is 0. The van der Waals surface area contributed by atoms with Crippen LogP contribution in [0.1, 0.15) is 252 Å². The Labute approximate surface area is 572 Å². The molecule has 10 nitrogen and oxygen atoms in total. The lowest BCUT2D eigenvalue weighted by atomic mass is 10.1. The molecule has 10 heteroatoms. The van der Waals surface area contributed by atoms with Crippen molar-refractivity contribution < 1.29 is 47.7 Å². The molecule has 1 N–H and O–H groups in total. The molecule has 0 atom stereocenters. The molecule has 0 aliphatic carbocycles. The van der Waals surface area contributed by atoms with E-state index in [9.17, 15) is 5.11 Å². The SMILES string of the molecule is CCCCCCCCCCCCOc1ccc(COc2cc(COc3ccc(COc4ccc(COc5ccc(CO)cc5)cc4)cc3)cc(OCc3ccc(OCCCCCCCCCCCC)cc3)c2OCc2ccc(OCCCCCCCCCCCC)cc2)cc1. The fraction of sp³-hybridized carbons (Fsp3) is 0.506. The Hall–Kier alpha value is -7.30. The molecule has 0 saturated heterocycles. The third kappa shape index (κ3) is 31.9. The van der Waals surface area contributed by atoms with Crippen LogP contribution in [0.3, 0.4) is 0 Å². The Bertz CT molecular complexity index is 2920. The minimum atomic E-state index is 0.00900. The summed E-state index contributed by atoms with van der Waals surface area (Å²) in [6.07, 6.45) is 38.8. The van der Waals surface area contributed by atoms with Crippen LogP contribution in [-0.4, -0.2) is 24.9 Å². The molecular formula is C85H116O10. The zero-order chi connectivity index (χ0) is 66.3. The van der Waals surface area contributed by atoms with Gasteiger partial charge in [0.25, 0.3) is 0 Å². The maximum Gasteiger partial charge on any atom is 0.203 e. The van der Waals surface area contributed by atoms with E-state index in [1.54, 1.807) is 0 Å². The maximum atomic E-state index is 9.36. The van der Waals surface area contributed by atoms with Gasteiger partial charge in [-0.15, -0.1) is 0 Å². The Morgan fingerprint density at radius 3 is 0.684 bits per heavy atom. The first-order chi connectivity index (χ1) is 47.0. The molecule has 0 saturated carbocycles. The summed E-state index contributed by atoms with van der Waals surface area (Å²) in [4.78, 5) is 0. The molecule has 516 valence electrons. The molecule has 0 fully saturated rings. The van der Waals surface area contributed by atoms with E-state index in [2.05, 4.69) is 57.2 Å². The van der Waals surface area contributed by atoms with Crippen molar-refractivity contribution in [2.75, 3.05) is 19.8 Å². The monoisotopic (exact) mass is 1300 g/mol. The third-order valence-electron chi connectivity index (χ3n) is 17.5. The molecule has 0 bridgehead atoms. The van der Waals surface area contributed by atoms with E-state index in [0.29, 0.717) is 63.5 Å². The van der Waals surface area contributed by atoms with Crippen LogP contribution in [0.15, 0.2) is 158 Å². The summed E-state index contributed by atoms with van der Waals surface area (Å²) in [5, 5.41) is 9.36. The Kier molecular flexibility index (Phi) is 37.6. The van der Waals surface area contributed by atoms with Crippen LogP contribution in [0.25, 0.3) is 0 Å². The molecule has 0 heterocycles. The molecule has 0 aliphatic rings. The minimum Gasteiger partial charge on any atom is -0.494 e. The molecule has 0 radical (unpaired) electrons. The quantitative estimate of drug-likeness (QED) is 0.0371. The molecule has 7 aromatic rings. The predicted molar refractivity (Wildman–Crippen MR) is 389 cm³/mol. The first-order valence-electron chi connectivity index (χ1n) is 36.9. The number of hydrogen-bond acceptors (Lipinski definition) is 10. The first-order valence-corrected chi connectivity index (χ1v) is 36.9. The topological polar surface area (TPSA) is 103 Å². The molecule has 0 aliphatic heterocycles. The molecule has 7 rings (SSSR count). The van der Waals surface area contributed by atoms with Crippen molar-refractivity contribution in [1.29, 1.82) is 0 Å². The number of unbranched alkanes of at least 4 members (excludes halogenated alkanes) is 27. The zero-order valence-corrected chi connectivity index (χ0v) is 58.4. The van der Waals surface area contributed by atoms with Gasteiger partial charge in [0.05, 0.1) is 26.4 Å². The lowest BCUT2D eigenvalue weighted by Gasteiger charge is -2.20. The number of benzene rings is 7. The average Bonchev–Trinajstić information content (AvgIpc) is 0.912. The van der Waals surface area contributed by atoms with E-state index in [4.69, 9.17) is 42.6 Å². The average molecular weight is 1300 g/mol. The second-order valence-corrected chi connectivity index (χ2v) is 25.8. The van der Waals surface area contributed by atoms with Crippen LogP contribution < -0.4 is 42.6 Å². The van der Waals surface area contributed by atoms with Crippen molar-refractivity contribution >= 4 is 0 Å². The third-order valence-corrected chi connectivity index (χ3v) is 17.5. The van der Waals surface area contributed by atoms with Crippen LogP contribution in [0.4, 0.5) is 0 Å². The molecule has 0 amide bonds. The Morgan fingerprint density at radius 1 is 0.211 bits per heavy atom. The van der Waals surface area contributed by atoms with Gasteiger partial charge in [0, 0.05) is 0 Å². The molecular weight excluding hydrogens is 1180 g/mol. The van der Waals surface area contributed by atoms with Crippen molar-refractivity contribution in [3.63, 3.8) is 0 Å². The second-order valence-electron chi connectivity index (χ2n) is 25.8. The molecule has 7 aromatic carbocycles. The lowest BCUT2D eigenvalue weighted by Crippen LogP contribution is -2.06. The highest BCUT2D eigenvalue weighted by Crippen LogP contribution is 2.41. The summed E-state index contributed by atoms with van der Waals surface area (Å²) in [5.74, 6) is 6.45. The van der Waals surface area contributed by atoms with Crippen molar-refractivity contribution in [2.24, 2.45) is 0 Å². The molecule has 0 unspecified atom stereocenters. The fourth-order valence-electron chi connectivity index (χ4n) is 11.5. The van der Waals surface area contributed by atoms with E-state index in [1.165, 1.54) is 173 Å². The van der Waals surface area contributed by atoms with Gasteiger partial charge in [-0.2, -0.15) is 0 Å². The van der Waals surface area contributed by atoms with Gasteiger partial charge < -0.3 is 47.7 Å². The van der Waals surface area contributed by atoms with Gasteiger partial charge in [-0.25, -0.2) is 0 Å². The van der Waals surface area contributed by atoms with Crippen LogP contribution in [0.2, 0.25) is 0 Å². The minimum absolute atomic E-state index is 0.00900. The number of rotatable bonds is 55. The van der Waals surface area contributed by atoms with Crippen LogP contribution in [0.5, 0.6) is 51.7 Å². The smallest absolute Gasteiger partial charge is 0.203 e. The highest BCUT2D eigenvalue weighted by atomic mass is 16.5. The summed E-state index contributed by atoms with van der Waals surface area (Å²) < 4.78 is 57.7. The van der Waals surface area contributed by atoms with Gasteiger partial charge in [0.1, 0.15) is 74.1 Å². The van der Waals surface area contributed by atoms with Gasteiger partial charge in [-0.3, -0.25) is 0 Å². The number of hydrogen-bond donors (Lipinski definition) is 1. The predicted octanol–water partition coefficient (Wildman–Crippen LogP) is 23.6. The van der Waals surface area contributed by atoms with Crippen molar-refractivity contribution in [1.82, 2.24) is 0 Å². The van der Waals surface area contributed by atoms with E-state index in [1.807, 2.05) is 121 Å². The van der Waals surface area contributed by atoms with Crippen LogP contribution >= 0.6 is 0 Å². The van der Waals surface area contributed by atoms with E-state index < -0.39 is 0 Å². The van der Waals surface area contributed by atoms with Gasteiger partial charge in [-0.05, 0) is 143 Å². The summed E-state index contributed by atoms with van der Waals surface area (Å²) in [5.41, 5.74) is 6.76. The van der Waals surface area contributed by atoms with Gasteiger partial charge in [-0.1, -0.05) is 267 Å². The van der Waals surface area contributed by atoms with Gasteiger partial charge in [0.2, 0.25) is 5.75 Å². The number of aliphatic hydroxyl groups is 1. The van der Waals surface area contributed by atoms with Gasteiger partial charge >= 0.3 is 0 Å². The zero-order valence-electron chi connectivity index (χ0n) is 58.4. The standard InChI is InChI=1S/C85H116O10/c1-4-7-10-13-16-19-22-25-28-31-58-87-77-48-36-73(37-49-77)66-93-83-61-76(69-92-82-56-44-72(45-57-82)65-91-81-54-42-71(43-55-81)64-90-80-46-34-70(63-86)35-47-80)62-84(94-67-74-38-50-78(51-39-74)88-59-32-29-26-23-20-17-14-11-8-5-2)85(83)95-68-75-40-52-79(53-41-75)89-60-33-30-27-24-21-18-15-12-9-6-3/h34-57,61-62,86H,4-33,58-60,63-69H2,1-3H3. The lowest BCUT2D eigenvalue weighted by molar-refractivity contribution is 0.227. The Balaban J connectivity index is 0.999. The Morgan fingerprint density at radius 2 is 0.421 bits per heavy atom. The van der Waals surface area contributed by atoms with Crippen molar-refractivity contribution in [2.45, 2.75) is 260 Å². The van der Waals surface area contributed by atoms with Crippen LogP contribution in [-0.2, 0) is 46.2 Å². The van der Waals surface area contributed by atoms with E-state index >= 15 is 0 Å². The number of aliphatic hydroxyl groups excluding tert-OH is 1. The number of ether oxygens (including phenoxy) is 9. The van der Waals surface area contributed by atoms with E-state index in [0.717, 1.165) is 92.7 Å². The normalized spacial score (nSPS) is 11.2. The first kappa shape index (κ1) is 75.1. The summed E-state index contributed by atoms with van der Waals surface area (Å²) in [6.45, 7) is 11.0. The summed E-state index contributed by atoms with van der Waals surface area (Å²) in [6, 6.07) is 52.1. The van der Waals surface area contributed by atoms with Gasteiger partial charge in [0.15, 0.2) is 11.5 Å². The van der Waals surface area contributed by atoms with E-state index in [-0.39, 0.29) is 19.8 Å². The van der Waals surface area contributed by atoms with Crippen molar-refractivity contribution in [3.05, 3.63) is 197 Å². The van der Waals surface area contributed by atoms with Crippen LogP contribution in [0, 0.1) is 0 Å². The highest BCUT2D eigenvalue weighted by molar-refractivity contribution is 5.54.